The Morgan fingerprint density at radius 2 is 1.65 bits per heavy atom. The maximum atomic E-state index is 12.3. The number of benzene rings is 2. The van der Waals surface area contributed by atoms with Crippen molar-refractivity contribution in [3.8, 4) is 0 Å². The quantitative estimate of drug-likeness (QED) is 0.815. The number of carbonyl (C=O) groups is 1. The highest BCUT2D eigenvalue weighted by Crippen LogP contribution is 2.33. The van der Waals surface area contributed by atoms with E-state index in [9.17, 15) is 4.79 Å². The van der Waals surface area contributed by atoms with Gasteiger partial charge in [0.15, 0.2) is 0 Å². The maximum absolute atomic E-state index is 12.3. The van der Waals surface area contributed by atoms with Gasteiger partial charge in [-0.1, -0.05) is 67.9 Å². The Hall–Kier alpha value is -1.80. The summed E-state index contributed by atoms with van der Waals surface area (Å²) >= 11 is 6.38. The first kappa shape index (κ1) is 16.1. The van der Waals surface area contributed by atoms with Crippen molar-refractivity contribution in [2.75, 3.05) is 0 Å². The molecule has 1 fully saturated rings. The topological polar surface area (TPSA) is 29.1 Å². The first-order valence-corrected chi connectivity index (χ1v) is 8.58. The number of nitrogens with one attached hydrogen (secondary N) is 1. The van der Waals surface area contributed by atoms with Crippen molar-refractivity contribution in [1.29, 1.82) is 0 Å². The highest BCUT2D eigenvalue weighted by atomic mass is 35.5. The highest BCUT2D eigenvalue weighted by Gasteiger charge is 2.32. The molecular formula is C20H22ClNO. The lowest BCUT2D eigenvalue weighted by Crippen LogP contribution is -2.30. The molecular weight excluding hydrogens is 306 g/mol. The molecule has 1 atom stereocenters. The van der Waals surface area contributed by atoms with E-state index < -0.39 is 0 Å². The van der Waals surface area contributed by atoms with Crippen LogP contribution < -0.4 is 5.32 Å². The van der Waals surface area contributed by atoms with Crippen LogP contribution in [0, 0.1) is 5.92 Å². The molecule has 1 aliphatic rings. The van der Waals surface area contributed by atoms with Gasteiger partial charge in [0, 0.05) is 10.9 Å². The second-order valence-electron chi connectivity index (χ2n) is 6.56. The van der Waals surface area contributed by atoms with Crippen LogP contribution in [0.2, 0.25) is 5.02 Å². The molecule has 120 valence electrons. The first-order chi connectivity index (χ1) is 11.1. The molecule has 0 saturated heterocycles. The standard InChI is InChI=1S/C20H22ClNO/c1-13(2)14-7-9-15(10-8-14)19(22-20(23)16-11-12-16)17-5-3-4-6-18(17)21/h3-10,13,16,19H,11-12H2,1-2H3,(H,22,23)/t19-/m1/s1. The monoisotopic (exact) mass is 327 g/mol. The third-order valence-electron chi connectivity index (χ3n) is 4.39. The van der Waals surface area contributed by atoms with Gasteiger partial charge in [0.1, 0.15) is 0 Å². The van der Waals surface area contributed by atoms with Gasteiger partial charge in [0.2, 0.25) is 5.91 Å². The molecule has 0 aromatic heterocycles. The zero-order valence-electron chi connectivity index (χ0n) is 13.6. The van der Waals surface area contributed by atoms with Crippen LogP contribution in [0.25, 0.3) is 0 Å². The van der Waals surface area contributed by atoms with Crippen molar-refractivity contribution >= 4 is 17.5 Å². The van der Waals surface area contributed by atoms with E-state index in [-0.39, 0.29) is 17.9 Å². The van der Waals surface area contributed by atoms with Gasteiger partial charge in [-0.3, -0.25) is 4.79 Å². The molecule has 0 aliphatic heterocycles. The minimum absolute atomic E-state index is 0.128. The number of hydrogen-bond donors (Lipinski definition) is 1. The van der Waals surface area contributed by atoms with E-state index >= 15 is 0 Å². The van der Waals surface area contributed by atoms with E-state index in [2.05, 4.69) is 43.4 Å². The molecule has 0 heterocycles. The van der Waals surface area contributed by atoms with Crippen LogP contribution >= 0.6 is 11.6 Å². The Labute approximate surface area is 142 Å². The molecule has 0 spiro atoms. The highest BCUT2D eigenvalue weighted by molar-refractivity contribution is 6.31. The second kappa shape index (κ2) is 6.76. The molecule has 2 aromatic rings. The maximum Gasteiger partial charge on any atom is 0.223 e. The Morgan fingerprint density at radius 3 is 2.22 bits per heavy atom. The van der Waals surface area contributed by atoms with Gasteiger partial charge < -0.3 is 5.32 Å². The normalized spacial score (nSPS) is 15.5. The van der Waals surface area contributed by atoms with E-state index in [4.69, 9.17) is 11.6 Å². The predicted molar refractivity (Wildman–Crippen MR) is 94.7 cm³/mol. The summed E-state index contributed by atoms with van der Waals surface area (Å²) in [5, 5.41) is 3.86. The summed E-state index contributed by atoms with van der Waals surface area (Å²) in [6.45, 7) is 4.35. The number of hydrogen-bond acceptors (Lipinski definition) is 1. The first-order valence-electron chi connectivity index (χ1n) is 8.21. The van der Waals surface area contributed by atoms with Gasteiger partial charge in [-0.05, 0) is 41.5 Å². The van der Waals surface area contributed by atoms with Crippen molar-refractivity contribution in [3.63, 3.8) is 0 Å². The minimum Gasteiger partial charge on any atom is -0.345 e. The molecule has 1 amide bonds. The molecule has 3 rings (SSSR count). The number of amides is 1. The zero-order valence-corrected chi connectivity index (χ0v) is 14.3. The molecule has 23 heavy (non-hydrogen) atoms. The summed E-state index contributed by atoms with van der Waals surface area (Å²) < 4.78 is 0. The van der Waals surface area contributed by atoms with Crippen molar-refractivity contribution in [1.82, 2.24) is 5.32 Å². The molecule has 2 nitrogen and oxygen atoms in total. The summed E-state index contributed by atoms with van der Waals surface area (Å²) in [5.41, 5.74) is 3.30. The summed E-state index contributed by atoms with van der Waals surface area (Å²) in [6.07, 6.45) is 1.99. The van der Waals surface area contributed by atoms with Gasteiger partial charge in [-0.15, -0.1) is 0 Å². The van der Waals surface area contributed by atoms with E-state index in [1.165, 1.54) is 5.56 Å². The fourth-order valence-electron chi connectivity index (χ4n) is 2.73. The number of halogens is 1. The van der Waals surface area contributed by atoms with E-state index in [1.54, 1.807) is 0 Å². The van der Waals surface area contributed by atoms with Crippen LogP contribution in [0.3, 0.4) is 0 Å². The summed E-state index contributed by atoms with van der Waals surface area (Å²) in [7, 11) is 0. The SMILES string of the molecule is CC(C)c1ccc([C@@H](NC(=O)C2CC2)c2ccccc2Cl)cc1. The van der Waals surface area contributed by atoms with Gasteiger partial charge in [0.05, 0.1) is 6.04 Å². The van der Waals surface area contributed by atoms with Crippen molar-refractivity contribution in [2.45, 2.75) is 38.6 Å². The van der Waals surface area contributed by atoms with E-state index in [0.29, 0.717) is 10.9 Å². The predicted octanol–water partition coefficient (Wildman–Crippen LogP) is 5.08. The minimum atomic E-state index is -0.196. The van der Waals surface area contributed by atoms with Crippen molar-refractivity contribution in [3.05, 3.63) is 70.2 Å². The molecule has 2 aromatic carbocycles. The van der Waals surface area contributed by atoms with Crippen LogP contribution in [0.4, 0.5) is 0 Å². The molecule has 0 bridgehead atoms. The van der Waals surface area contributed by atoms with Crippen LogP contribution in [0.1, 0.15) is 55.3 Å². The number of carbonyl (C=O) groups excluding carboxylic acids is 1. The Bertz CT molecular complexity index is 689. The third kappa shape index (κ3) is 3.76. The Morgan fingerprint density at radius 1 is 1.04 bits per heavy atom. The average Bonchev–Trinajstić information content (AvgIpc) is 3.38. The Balaban J connectivity index is 1.93. The summed E-state index contributed by atoms with van der Waals surface area (Å²) in [6, 6.07) is 16.0. The van der Waals surface area contributed by atoms with Crippen LogP contribution in [-0.4, -0.2) is 5.91 Å². The number of rotatable bonds is 5. The second-order valence-corrected chi connectivity index (χ2v) is 6.97. The fraction of sp³-hybridized carbons (Fsp3) is 0.350. The summed E-state index contributed by atoms with van der Waals surface area (Å²) in [5.74, 6) is 0.793. The lowest BCUT2D eigenvalue weighted by Gasteiger charge is -2.21. The average molecular weight is 328 g/mol. The fourth-order valence-corrected chi connectivity index (χ4v) is 2.97. The van der Waals surface area contributed by atoms with Gasteiger partial charge in [-0.25, -0.2) is 0 Å². The lowest BCUT2D eigenvalue weighted by molar-refractivity contribution is -0.122. The van der Waals surface area contributed by atoms with E-state index in [1.807, 2.05) is 24.3 Å². The lowest BCUT2D eigenvalue weighted by atomic mass is 9.95. The molecule has 1 saturated carbocycles. The van der Waals surface area contributed by atoms with Gasteiger partial charge in [0.25, 0.3) is 0 Å². The van der Waals surface area contributed by atoms with Crippen LogP contribution in [0.5, 0.6) is 0 Å². The zero-order chi connectivity index (χ0) is 16.4. The molecule has 3 heteroatoms. The van der Waals surface area contributed by atoms with E-state index in [0.717, 1.165) is 24.0 Å². The van der Waals surface area contributed by atoms with Gasteiger partial charge in [-0.2, -0.15) is 0 Å². The van der Waals surface area contributed by atoms with Crippen molar-refractivity contribution in [2.24, 2.45) is 5.92 Å². The largest absolute Gasteiger partial charge is 0.345 e. The Kier molecular flexibility index (Phi) is 4.72. The third-order valence-corrected chi connectivity index (χ3v) is 4.73. The summed E-state index contributed by atoms with van der Waals surface area (Å²) in [4.78, 5) is 12.3. The van der Waals surface area contributed by atoms with Crippen LogP contribution in [-0.2, 0) is 4.79 Å². The van der Waals surface area contributed by atoms with Crippen LogP contribution in [0.15, 0.2) is 48.5 Å². The molecule has 0 radical (unpaired) electrons. The van der Waals surface area contributed by atoms with Gasteiger partial charge >= 0.3 is 0 Å². The van der Waals surface area contributed by atoms with Crippen molar-refractivity contribution < 1.29 is 4.79 Å². The molecule has 0 unspecified atom stereocenters. The molecule has 1 N–H and O–H groups in total. The molecule has 1 aliphatic carbocycles. The smallest absolute Gasteiger partial charge is 0.223 e.